The molecule has 144 valence electrons. The molecule has 0 atom stereocenters. The standard InChI is InChI=1S/C21H22N4O3/c1-14-6-4-5-7-17(14)11-23-20(26)13-28-21(27)18-8-9-19(22-12-18)25-16(3)10-15(2)24-25/h4-10,12H,11,13H2,1-3H3,(H,23,26). The van der Waals surface area contributed by atoms with E-state index in [0.717, 1.165) is 22.5 Å². The third kappa shape index (κ3) is 4.62. The van der Waals surface area contributed by atoms with Crippen molar-refractivity contribution in [3.63, 3.8) is 0 Å². The summed E-state index contributed by atoms with van der Waals surface area (Å²) in [7, 11) is 0. The predicted octanol–water partition coefficient (Wildman–Crippen LogP) is 2.67. The van der Waals surface area contributed by atoms with Crippen molar-refractivity contribution in [1.29, 1.82) is 0 Å². The molecule has 7 heteroatoms. The largest absolute Gasteiger partial charge is 0.452 e. The first-order valence-electron chi connectivity index (χ1n) is 8.92. The lowest BCUT2D eigenvalue weighted by atomic mass is 10.1. The molecule has 1 N–H and O–H groups in total. The van der Waals surface area contributed by atoms with Gasteiger partial charge in [-0.2, -0.15) is 5.10 Å². The number of pyridine rings is 1. The fraction of sp³-hybridized carbons (Fsp3) is 0.238. The quantitative estimate of drug-likeness (QED) is 0.667. The van der Waals surface area contributed by atoms with Crippen LogP contribution in [-0.2, 0) is 16.1 Å². The average molecular weight is 378 g/mol. The smallest absolute Gasteiger partial charge is 0.340 e. The molecule has 0 fully saturated rings. The average Bonchev–Trinajstić information content (AvgIpc) is 3.03. The van der Waals surface area contributed by atoms with E-state index in [1.165, 1.54) is 6.20 Å². The molecule has 0 bridgehead atoms. The molecule has 0 spiro atoms. The number of amides is 1. The summed E-state index contributed by atoms with van der Waals surface area (Å²) in [5.41, 5.74) is 4.22. The van der Waals surface area contributed by atoms with Gasteiger partial charge in [-0.15, -0.1) is 0 Å². The monoisotopic (exact) mass is 378 g/mol. The maximum Gasteiger partial charge on any atom is 0.340 e. The van der Waals surface area contributed by atoms with E-state index in [1.54, 1.807) is 16.8 Å². The molecular weight excluding hydrogens is 356 g/mol. The van der Waals surface area contributed by atoms with Crippen LogP contribution >= 0.6 is 0 Å². The van der Waals surface area contributed by atoms with Crippen LogP contribution < -0.4 is 5.32 Å². The summed E-state index contributed by atoms with van der Waals surface area (Å²) in [6.07, 6.45) is 1.42. The van der Waals surface area contributed by atoms with Crippen LogP contribution in [0.5, 0.6) is 0 Å². The van der Waals surface area contributed by atoms with E-state index >= 15 is 0 Å². The van der Waals surface area contributed by atoms with Crippen LogP contribution in [0, 0.1) is 20.8 Å². The van der Waals surface area contributed by atoms with Gasteiger partial charge in [0.05, 0.1) is 11.3 Å². The van der Waals surface area contributed by atoms with E-state index in [-0.39, 0.29) is 18.1 Å². The molecule has 2 heterocycles. The Morgan fingerprint density at radius 1 is 1.11 bits per heavy atom. The van der Waals surface area contributed by atoms with E-state index in [1.807, 2.05) is 51.1 Å². The number of ether oxygens (including phenoxy) is 1. The van der Waals surface area contributed by atoms with Gasteiger partial charge in [0, 0.05) is 18.4 Å². The van der Waals surface area contributed by atoms with Crippen LogP contribution in [0.3, 0.4) is 0 Å². The second-order valence-corrected chi connectivity index (χ2v) is 6.52. The lowest BCUT2D eigenvalue weighted by molar-refractivity contribution is -0.124. The van der Waals surface area contributed by atoms with Crippen molar-refractivity contribution >= 4 is 11.9 Å². The SMILES string of the molecule is Cc1cc(C)n(-c2ccc(C(=O)OCC(=O)NCc3ccccc3C)cn2)n1. The third-order valence-corrected chi connectivity index (χ3v) is 4.28. The number of hydrogen-bond acceptors (Lipinski definition) is 5. The second-order valence-electron chi connectivity index (χ2n) is 6.52. The van der Waals surface area contributed by atoms with Crippen LogP contribution in [0.15, 0.2) is 48.7 Å². The molecule has 0 aliphatic rings. The van der Waals surface area contributed by atoms with Gasteiger partial charge in [0.15, 0.2) is 12.4 Å². The van der Waals surface area contributed by atoms with Gasteiger partial charge in [0.1, 0.15) is 0 Å². The highest BCUT2D eigenvalue weighted by molar-refractivity contribution is 5.91. The van der Waals surface area contributed by atoms with Gasteiger partial charge >= 0.3 is 5.97 Å². The highest BCUT2D eigenvalue weighted by Crippen LogP contribution is 2.11. The summed E-state index contributed by atoms with van der Waals surface area (Å²) in [5.74, 6) is -0.347. The number of aryl methyl sites for hydroxylation is 3. The Morgan fingerprint density at radius 2 is 1.89 bits per heavy atom. The maximum absolute atomic E-state index is 12.1. The van der Waals surface area contributed by atoms with Gasteiger partial charge in [0.25, 0.3) is 5.91 Å². The van der Waals surface area contributed by atoms with Gasteiger partial charge in [-0.25, -0.2) is 14.5 Å². The number of benzene rings is 1. The van der Waals surface area contributed by atoms with E-state index in [2.05, 4.69) is 15.4 Å². The Hall–Kier alpha value is -3.48. The zero-order valence-electron chi connectivity index (χ0n) is 16.1. The maximum atomic E-state index is 12.1. The normalized spacial score (nSPS) is 10.5. The van der Waals surface area contributed by atoms with E-state index in [4.69, 9.17) is 4.74 Å². The highest BCUT2D eigenvalue weighted by Gasteiger charge is 2.12. The Labute approximate surface area is 163 Å². The molecule has 7 nitrogen and oxygen atoms in total. The first-order chi connectivity index (χ1) is 13.4. The second kappa shape index (κ2) is 8.47. The summed E-state index contributed by atoms with van der Waals surface area (Å²) in [5, 5.41) is 7.09. The van der Waals surface area contributed by atoms with Gasteiger partial charge in [-0.05, 0) is 50.1 Å². The van der Waals surface area contributed by atoms with Crippen molar-refractivity contribution in [1.82, 2.24) is 20.1 Å². The zero-order valence-corrected chi connectivity index (χ0v) is 16.1. The van der Waals surface area contributed by atoms with Crippen LogP contribution in [0.25, 0.3) is 5.82 Å². The number of carbonyl (C=O) groups excluding carboxylic acids is 2. The number of esters is 1. The molecule has 3 rings (SSSR count). The fourth-order valence-corrected chi connectivity index (χ4v) is 2.76. The van der Waals surface area contributed by atoms with Gasteiger partial charge in [-0.1, -0.05) is 24.3 Å². The van der Waals surface area contributed by atoms with Gasteiger partial charge in [-0.3, -0.25) is 4.79 Å². The van der Waals surface area contributed by atoms with Crippen LogP contribution in [-0.4, -0.2) is 33.2 Å². The summed E-state index contributed by atoms with van der Waals surface area (Å²) in [6.45, 7) is 5.86. The molecule has 0 radical (unpaired) electrons. The van der Waals surface area contributed by atoms with Crippen LogP contribution in [0.2, 0.25) is 0 Å². The molecule has 1 aromatic carbocycles. The fourth-order valence-electron chi connectivity index (χ4n) is 2.76. The summed E-state index contributed by atoms with van der Waals surface area (Å²) in [6, 6.07) is 13.0. The molecule has 28 heavy (non-hydrogen) atoms. The lowest BCUT2D eigenvalue weighted by Crippen LogP contribution is -2.28. The Morgan fingerprint density at radius 3 is 2.54 bits per heavy atom. The number of hydrogen-bond donors (Lipinski definition) is 1. The summed E-state index contributed by atoms with van der Waals surface area (Å²) < 4.78 is 6.77. The Bertz CT molecular complexity index is 993. The van der Waals surface area contributed by atoms with Crippen LogP contribution in [0.1, 0.15) is 32.9 Å². The van der Waals surface area contributed by atoms with Crippen molar-refractivity contribution < 1.29 is 14.3 Å². The minimum absolute atomic E-state index is 0.275. The topological polar surface area (TPSA) is 86.1 Å². The number of carbonyl (C=O) groups is 2. The van der Waals surface area contributed by atoms with Crippen molar-refractivity contribution in [2.75, 3.05) is 6.61 Å². The highest BCUT2D eigenvalue weighted by atomic mass is 16.5. The van der Waals surface area contributed by atoms with Crippen molar-refractivity contribution in [3.8, 4) is 5.82 Å². The third-order valence-electron chi connectivity index (χ3n) is 4.28. The zero-order chi connectivity index (χ0) is 20.1. The summed E-state index contributed by atoms with van der Waals surface area (Å²) >= 11 is 0. The Kier molecular flexibility index (Phi) is 5.84. The first-order valence-corrected chi connectivity index (χ1v) is 8.92. The molecular formula is C21H22N4O3. The number of rotatable bonds is 6. The van der Waals surface area contributed by atoms with E-state index in [9.17, 15) is 9.59 Å². The van der Waals surface area contributed by atoms with E-state index in [0.29, 0.717) is 12.4 Å². The minimum atomic E-state index is -0.599. The molecule has 0 saturated heterocycles. The van der Waals surface area contributed by atoms with Gasteiger partial charge in [0.2, 0.25) is 0 Å². The molecule has 0 aliphatic carbocycles. The molecule has 2 aromatic heterocycles. The van der Waals surface area contributed by atoms with Crippen molar-refractivity contribution in [2.24, 2.45) is 0 Å². The first kappa shape index (κ1) is 19.3. The number of aromatic nitrogens is 3. The molecule has 0 aliphatic heterocycles. The predicted molar refractivity (Wildman–Crippen MR) is 104 cm³/mol. The van der Waals surface area contributed by atoms with E-state index < -0.39 is 5.97 Å². The van der Waals surface area contributed by atoms with Crippen molar-refractivity contribution in [2.45, 2.75) is 27.3 Å². The lowest BCUT2D eigenvalue weighted by Gasteiger charge is -2.09. The summed E-state index contributed by atoms with van der Waals surface area (Å²) in [4.78, 5) is 28.3. The Balaban J connectivity index is 1.52. The minimum Gasteiger partial charge on any atom is -0.452 e. The number of nitrogens with one attached hydrogen (secondary N) is 1. The van der Waals surface area contributed by atoms with Crippen molar-refractivity contribution in [3.05, 3.63) is 76.7 Å². The number of nitrogens with zero attached hydrogens (tertiary/aromatic N) is 3. The molecule has 1 amide bonds. The molecule has 0 saturated carbocycles. The van der Waals surface area contributed by atoms with Gasteiger partial charge < -0.3 is 10.1 Å². The molecule has 3 aromatic rings. The molecule has 0 unspecified atom stereocenters. The van der Waals surface area contributed by atoms with Crippen LogP contribution in [0.4, 0.5) is 0 Å².